The first-order chi connectivity index (χ1) is 8.92. The highest BCUT2D eigenvalue weighted by Gasteiger charge is 2.08. The molecule has 0 bridgehead atoms. The molecule has 1 aromatic carbocycles. The maximum Gasteiger partial charge on any atom is 0.208 e. The minimum atomic E-state index is -3.16. The lowest BCUT2D eigenvalue weighted by molar-refractivity contribution is 0.175. The molecule has 6 nitrogen and oxygen atoms in total. The van der Waals surface area contributed by atoms with Gasteiger partial charge in [-0.2, -0.15) is 0 Å². The second kappa shape index (κ2) is 7.44. The summed E-state index contributed by atoms with van der Waals surface area (Å²) in [4.78, 5) is 0. The van der Waals surface area contributed by atoms with E-state index >= 15 is 0 Å². The van der Waals surface area contributed by atoms with Gasteiger partial charge in [-0.15, -0.1) is 0 Å². The van der Waals surface area contributed by atoms with Gasteiger partial charge in [-0.1, -0.05) is 12.1 Å². The molecule has 0 spiro atoms. The fourth-order valence-electron chi connectivity index (χ4n) is 1.53. The summed E-state index contributed by atoms with van der Waals surface area (Å²) >= 11 is 0. The highest BCUT2D eigenvalue weighted by atomic mass is 32.2. The first-order valence-corrected chi connectivity index (χ1v) is 7.79. The molecule has 0 aliphatic carbocycles. The first-order valence-electron chi connectivity index (χ1n) is 5.90. The Morgan fingerprint density at radius 2 is 2.11 bits per heavy atom. The van der Waals surface area contributed by atoms with E-state index in [1.807, 2.05) is 12.1 Å². The van der Waals surface area contributed by atoms with Crippen molar-refractivity contribution >= 4 is 10.0 Å². The molecule has 0 saturated heterocycles. The van der Waals surface area contributed by atoms with E-state index in [0.717, 1.165) is 11.8 Å². The van der Waals surface area contributed by atoms with E-state index in [2.05, 4.69) is 10.0 Å². The summed E-state index contributed by atoms with van der Waals surface area (Å²) in [5.41, 5.74) is 0.753. The molecule has 1 aromatic rings. The molecule has 0 aromatic heterocycles. The van der Waals surface area contributed by atoms with Gasteiger partial charge >= 0.3 is 0 Å². The maximum atomic E-state index is 10.8. The molecule has 108 valence electrons. The van der Waals surface area contributed by atoms with Crippen LogP contribution in [0.2, 0.25) is 0 Å². The number of hydrogen-bond donors (Lipinski definition) is 3. The lowest BCUT2D eigenvalue weighted by atomic mass is 10.1. The molecule has 0 aliphatic rings. The number of benzene rings is 1. The Morgan fingerprint density at radius 1 is 1.37 bits per heavy atom. The summed E-state index contributed by atoms with van der Waals surface area (Å²) < 4.78 is 29.1. The van der Waals surface area contributed by atoms with Crippen LogP contribution in [0.25, 0.3) is 0 Å². The molecular weight excluding hydrogens is 268 g/mol. The fraction of sp³-hybridized carbons (Fsp3) is 0.500. The van der Waals surface area contributed by atoms with Gasteiger partial charge < -0.3 is 15.2 Å². The zero-order valence-corrected chi connectivity index (χ0v) is 11.9. The monoisotopic (exact) mass is 288 g/mol. The van der Waals surface area contributed by atoms with Gasteiger partial charge in [0, 0.05) is 19.6 Å². The lowest BCUT2D eigenvalue weighted by Gasteiger charge is -2.13. The third-order valence-electron chi connectivity index (χ3n) is 2.48. The Labute approximate surface area is 113 Å². The first kappa shape index (κ1) is 15.9. The predicted molar refractivity (Wildman–Crippen MR) is 73.7 cm³/mol. The Hall–Kier alpha value is -1.15. The number of methoxy groups -OCH3 is 1. The SMILES string of the molecule is COc1cccc(C(O)CNCCNS(C)(=O)=O)c1. The van der Waals surface area contributed by atoms with Crippen LogP contribution in [0.15, 0.2) is 24.3 Å². The predicted octanol–water partition coefficient (Wildman–Crippen LogP) is -0.133. The normalized spacial score (nSPS) is 13.2. The zero-order chi connectivity index (χ0) is 14.3. The van der Waals surface area contributed by atoms with Crippen LogP contribution < -0.4 is 14.8 Å². The summed E-state index contributed by atoms with van der Waals surface area (Å²) in [6.07, 6.45) is 0.450. The Morgan fingerprint density at radius 3 is 2.74 bits per heavy atom. The molecular formula is C12H20N2O4S. The van der Waals surface area contributed by atoms with Crippen LogP contribution >= 0.6 is 0 Å². The van der Waals surface area contributed by atoms with Crippen molar-refractivity contribution in [2.45, 2.75) is 6.10 Å². The van der Waals surface area contributed by atoms with Crippen molar-refractivity contribution in [1.82, 2.24) is 10.0 Å². The highest BCUT2D eigenvalue weighted by molar-refractivity contribution is 7.88. The van der Waals surface area contributed by atoms with Crippen molar-refractivity contribution in [3.8, 4) is 5.75 Å². The van der Waals surface area contributed by atoms with E-state index in [1.54, 1.807) is 19.2 Å². The number of sulfonamides is 1. The second-order valence-electron chi connectivity index (χ2n) is 4.16. The van der Waals surface area contributed by atoms with Crippen LogP contribution in [0.3, 0.4) is 0 Å². The average molecular weight is 288 g/mol. The molecule has 1 atom stereocenters. The number of aliphatic hydroxyl groups is 1. The molecule has 0 aliphatic heterocycles. The van der Waals surface area contributed by atoms with Crippen molar-refractivity contribution in [2.75, 3.05) is 33.0 Å². The third kappa shape index (κ3) is 6.53. The average Bonchev–Trinajstić information content (AvgIpc) is 2.37. The van der Waals surface area contributed by atoms with Gasteiger partial charge in [0.25, 0.3) is 0 Å². The van der Waals surface area contributed by atoms with E-state index < -0.39 is 16.1 Å². The number of aliphatic hydroxyl groups excluding tert-OH is 1. The molecule has 0 heterocycles. The molecule has 0 radical (unpaired) electrons. The van der Waals surface area contributed by atoms with Gasteiger partial charge in [0.2, 0.25) is 10.0 Å². The van der Waals surface area contributed by atoms with Gasteiger partial charge in [-0.25, -0.2) is 13.1 Å². The summed E-state index contributed by atoms with van der Waals surface area (Å²) in [6.45, 7) is 1.09. The van der Waals surface area contributed by atoms with Crippen LogP contribution in [0.1, 0.15) is 11.7 Å². The highest BCUT2D eigenvalue weighted by Crippen LogP contribution is 2.18. The van der Waals surface area contributed by atoms with Crippen molar-refractivity contribution < 1.29 is 18.3 Å². The van der Waals surface area contributed by atoms with Crippen LogP contribution in [-0.4, -0.2) is 46.5 Å². The molecule has 7 heteroatoms. The smallest absolute Gasteiger partial charge is 0.208 e. The Bertz CT molecular complexity index is 490. The maximum absolute atomic E-state index is 10.8. The largest absolute Gasteiger partial charge is 0.497 e. The summed E-state index contributed by atoms with van der Waals surface area (Å²) in [7, 11) is -1.58. The van der Waals surface area contributed by atoms with Crippen molar-refractivity contribution in [3.05, 3.63) is 29.8 Å². The minimum absolute atomic E-state index is 0.295. The quantitative estimate of drug-likeness (QED) is 0.580. The van der Waals surface area contributed by atoms with Gasteiger partial charge in [-0.3, -0.25) is 0 Å². The number of nitrogens with one attached hydrogen (secondary N) is 2. The lowest BCUT2D eigenvalue weighted by Crippen LogP contribution is -2.32. The zero-order valence-electron chi connectivity index (χ0n) is 11.1. The van der Waals surface area contributed by atoms with E-state index in [-0.39, 0.29) is 0 Å². The van der Waals surface area contributed by atoms with Gasteiger partial charge in [0.05, 0.1) is 19.5 Å². The molecule has 0 saturated carbocycles. The number of rotatable bonds is 8. The Balaban J connectivity index is 2.32. The topological polar surface area (TPSA) is 87.7 Å². The fourth-order valence-corrected chi connectivity index (χ4v) is 2.00. The van der Waals surface area contributed by atoms with Crippen molar-refractivity contribution in [2.24, 2.45) is 0 Å². The minimum Gasteiger partial charge on any atom is -0.497 e. The molecule has 1 unspecified atom stereocenters. The van der Waals surface area contributed by atoms with Gasteiger partial charge in [0.1, 0.15) is 5.75 Å². The summed E-state index contributed by atoms with van der Waals surface area (Å²) in [5, 5.41) is 12.9. The van der Waals surface area contributed by atoms with Gasteiger partial charge in [-0.05, 0) is 17.7 Å². The van der Waals surface area contributed by atoms with E-state index in [9.17, 15) is 13.5 Å². The van der Waals surface area contributed by atoms with E-state index in [1.165, 1.54) is 0 Å². The standard InChI is InChI=1S/C12H20N2O4S/c1-18-11-5-3-4-10(8-11)12(15)9-13-6-7-14-19(2,16)17/h3-5,8,12-15H,6-7,9H2,1-2H3. The molecule has 1 rings (SSSR count). The van der Waals surface area contributed by atoms with E-state index in [0.29, 0.717) is 25.4 Å². The van der Waals surface area contributed by atoms with Crippen LogP contribution in [0.4, 0.5) is 0 Å². The molecule has 0 fully saturated rings. The Kier molecular flexibility index (Phi) is 6.23. The summed E-state index contributed by atoms with van der Waals surface area (Å²) in [6, 6.07) is 7.19. The molecule has 0 amide bonds. The van der Waals surface area contributed by atoms with Gasteiger partial charge in [0.15, 0.2) is 0 Å². The number of hydrogen-bond acceptors (Lipinski definition) is 5. The van der Waals surface area contributed by atoms with E-state index in [4.69, 9.17) is 4.74 Å². The molecule has 19 heavy (non-hydrogen) atoms. The van der Waals surface area contributed by atoms with Crippen molar-refractivity contribution in [3.63, 3.8) is 0 Å². The third-order valence-corrected chi connectivity index (χ3v) is 3.21. The van der Waals surface area contributed by atoms with Crippen LogP contribution in [0.5, 0.6) is 5.75 Å². The van der Waals surface area contributed by atoms with Crippen LogP contribution in [0, 0.1) is 0 Å². The van der Waals surface area contributed by atoms with Crippen LogP contribution in [-0.2, 0) is 10.0 Å². The number of ether oxygens (including phenoxy) is 1. The van der Waals surface area contributed by atoms with Crippen molar-refractivity contribution in [1.29, 1.82) is 0 Å². The molecule has 3 N–H and O–H groups in total. The summed E-state index contributed by atoms with van der Waals surface area (Å²) in [5.74, 6) is 0.690. The second-order valence-corrected chi connectivity index (χ2v) is 6.00.